The number of hydrogen-bond acceptors (Lipinski definition) is 4. The molecule has 0 saturated carbocycles. The number of carboxylic acids is 1. The minimum Gasteiger partial charge on any atom is -0.481 e. The van der Waals surface area contributed by atoms with Crippen LogP contribution in [0.25, 0.3) is 0 Å². The molecule has 68 valence electrons. The molecule has 0 amide bonds. The average Bonchev–Trinajstić information content (AvgIpc) is 1.87. The predicted molar refractivity (Wildman–Crippen MR) is 40.9 cm³/mol. The van der Waals surface area contributed by atoms with E-state index in [1.54, 1.807) is 0 Å². The van der Waals surface area contributed by atoms with E-state index in [1.165, 1.54) is 20.9 Å². The van der Waals surface area contributed by atoms with Crippen molar-refractivity contribution in [2.75, 3.05) is 20.9 Å². The number of aliphatic carboxylic acids is 1. The van der Waals surface area contributed by atoms with Crippen molar-refractivity contribution in [1.82, 2.24) is 0 Å². The molecule has 0 aromatic rings. The van der Waals surface area contributed by atoms with E-state index >= 15 is 0 Å². The van der Waals surface area contributed by atoms with Gasteiger partial charge in [-0.1, -0.05) is 0 Å². The topological polar surface area (TPSA) is 72.8 Å². The molecule has 5 nitrogen and oxygen atoms in total. The second-order valence-electron chi connectivity index (χ2n) is 1.66. The van der Waals surface area contributed by atoms with Crippen LogP contribution in [-0.4, -0.2) is 32.0 Å². The number of carboxylic acid groups (broad SMARTS) is 1. The average molecular weight is 184 g/mol. The molecule has 0 aliphatic rings. The lowest BCUT2D eigenvalue weighted by Crippen LogP contribution is -1.82. The van der Waals surface area contributed by atoms with Crippen molar-refractivity contribution in [1.29, 1.82) is 0 Å². The summed E-state index contributed by atoms with van der Waals surface area (Å²) in [6, 6.07) is 0. The van der Waals surface area contributed by atoms with Gasteiger partial charge in [0.1, 0.15) is 0 Å². The van der Waals surface area contributed by atoms with Gasteiger partial charge in [0.05, 0.1) is 0 Å². The molecule has 11 heavy (non-hydrogen) atoms. The molecule has 0 bridgehead atoms. The molecule has 0 aromatic carbocycles. The Bertz CT molecular complexity index is 143. The van der Waals surface area contributed by atoms with Crippen LogP contribution in [0.5, 0.6) is 0 Å². The van der Waals surface area contributed by atoms with Crippen LogP contribution >= 0.6 is 7.60 Å². The maximum atomic E-state index is 10.5. The zero-order valence-electron chi connectivity index (χ0n) is 7.03. The number of hydrogen-bond donors (Lipinski definition) is 1. The van der Waals surface area contributed by atoms with Crippen LogP contribution in [0, 0.1) is 0 Å². The second-order valence-corrected chi connectivity index (χ2v) is 3.93. The normalized spacial score (nSPS) is 9.82. The van der Waals surface area contributed by atoms with Gasteiger partial charge in [-0.15, -0.1) is 0 Å². The van der Waals surface area contributed by atoms with Crippen LogP contribution < -0.4 is 0 Å². The molecular weight excluding hydrogens is 171 g/mol. The van der Waals surface area contributed by atoms with Gasteiger partial charge in [0, 0.05) is 27.8 Å². The second kappa shape index (κ2) is 6.34. The Hall–Kier alpha value is -0.380. The first-order chi connectivity index (χ1) is 4.85. The smallest absolute Gasteiger partial charge is 0.327 e. The zero-order chi connectivity index (χ0) is 9.49. The van der Waals surface area contributed by atoms with Gasteiger partial charge in [0.15, 0.2) is 0 Å². The maximum absolute atomic E-state index is 10.5. The van der Waals surface area contributed by atoms with Gasteiger partial charge in [-0.3, -0.25) is 9.36 Å². The summed E-state index contributed by atoms with van der Waals surface area (Å²) in [7, 11) is 0.0486. The van der Waals surface area contributed by atoms with Crippen LogP contribution in [0.2, 0.25) is 0 Å². The Kier molecular flexibility index (Phi) is 7.62. The van der Waals surface area contributed by atoms with Gasteiger partial charge in [-0.25, -0.2) is 0 Å². The summed E-state index contributed by atoms with van der Waals surface area (Å²) in [5.41, 5.74) is 0. The van der Waals surface area contributed by atoms with Gasteiger partial charge in [0.25, 0.3) is 5.97 Å². The van der Waals surface area contributed by atoms with Crippen molar-refractivity contribution in [3.05, 3.63) is 0 Å². The van der Waals surface area contributed by atoms with Crippen molar-refractivity contribution < 1.29 is 23.5 Å². The SMILES string of the molecule is CC(=O)O.COP(C)(=O)OC. The van der Waals surface area contributed by atoms with Crippen molar-refractivity contribution in [3.8, 4) is 0 Å². The fraction of sp³-hybridized carbons (Fsp3) is 0.800. The van der Waals surface area contributed by atoms with Crippen LogP contribution in [0.4, 0.5) is 0 Å². The highest BCUT2D eigenvalue weighted by atomic mass is 31.2. The molecule has 6 heteroatoms. The van der Waals surface area contributed by atoms with Gasteiger partial charge in [0.2, 0.25) is 0 Å². The molecule has 0 atom stereocenters. The Morgan fingerprint density at radius 2 is 1.55 bits per heavy atom. The third kappa shape index (κ3) is 17.7. The van der Waals surface area contributed by atoms with E-state index in [4.69, 9.17) is 9.90 Å². The summed E-state index contributed by atoms with van der Waals surface area (Å²) >= 11 is 0. The van der Waals surface area contributed by atoms with Crippen molar-refractivity contribution >= 4 is 13.6 Å². The van der Waals surface area contributed by atoms with E-state index in [2.05, 4.69) is 9.05 Å². The molecule has 0 aromatic heterocycles. The molecule has 0 radical (unpaired) electrons. The third-order valence-corrected chi connectivity index (χ3v) is 1.99. The lowest BCUT2D eigenvalue weighted by atomic mass is 10.9. The van der Waals surface area contributed by atoms with Crippen molar-refractivity contribution in [3.63, 3.8) is 0 Å². The van der Waals surface area contributed by atoms with E-state index in [0.717, 1.165) is 6.92 Å². The molecule has 0 aliphatic carbocycles. The van der Waals surface area contributed by atoms with E-state index in [1.807, 2.05) is 0 Å². The predicted octanol–water partition coefficient (Wildman–Crippen LogP) is 1.19. The molecule has 0 fully saturated rings. The summed E-state index contributed by atoms with van der Waals surface area (Å²) < 4.78 is 19.3. The van der Waals surface area contributed by atoms with E-state index in [9.17, 15) is 4.57 Å². The van der Waals surface area contributed by atoms with Gasteiger partial charge in [-0.2, -0.15) is 0 Å². The fourth-order valence-corrected chi connectivity index (χ4v) is 0.224. The lowest BCUT2D eigenvalue weighted by molar-refractivity contribution is -0.134. The first-order valence-electron chi connectivity index (χ1n) is 2.74. The van der Waals surface area contributed by atoms with E-state index in [-0.39, 0.29) is 0 Å². The quantitative estimate of drug-likeness (QED) is 0.652. The molecule has 1 N–H and O–H groups in total. The molecule has 0 unspecified atom stereocenters. The molecule has 0 heterocycles. The largest absolute Gasteiger partial charge is 0.481 e. The molecule has 0 saturated heterocycles. The number of rotatable bonds is 2. The van der Waals surface area contributed by atoms with Crippen LogP contribution in [0.3, 0.4) is 0 Å². The Balaban J connectivity index is 0. The van der Waals surface area contributed by atoms with Crippen LogP contribution in [0.1, 0.15) is 6.92 Å². The minimum atomic E-state index is -2.65. The fourth-order valence-electron chi connectivity index (χ4n) is 0.0745. The van der Waals surface area contributed by atoms with Crippen LogP contribution in [0.15, 0.2) is 0 Å². The van der Waals surface area contributed by atoms with Crippen molar-refractivity contribution in [2.45, 2.75) is 6.92 Å². The highest BCUT2D eigenvalue weighted by Gasteiger charge is 2.08. The summed E-state index contributed by atoms with van der Waals surface area (Å²) in [6.07, 6.45) is 0. The standard InChI is InChI=1S/C3H9O3P.C2H4O2/c1-5-7(3,4)6-2;1-2(3)4/h1-3H3;1H3,(H,3,4). The monoisotopic (exact) mass is 184 g/mol. The highest BCUT2D eigenvalue weighted by molar-refractivity contribution is 7.52. The van der Waals surface area contributed by atoms with E-state index < -0.39 is 13.6 Å². The summed E-state index contributed by atoms with van der Waals surface area (Å²) in [5, 5.41) is 7.42. The van der Waals surface area contributed by atoms with Crippen LogP contribution in [-0.2, 0) is 18.4 Å². The first-order valence-corrected chi connectivity index (χ1v) is 4.73. The van der Waals surface area contributed by atoms with Crippen molar-refractivity contribution in [2.24, 2.45) is 0 Å². The molecule has 0 rings (SSSR count). The lowest BCUT2D eigenvalue weighted by Gasteiger charge is -2.04. The summed E-state index contributed by atoms with van der Waals surface area (Å²) in [4.78, 5) is 9.00. The summed E-state index contributed by atoms with van der Waals surface area (Å²) in [5.74, 6) is -0.833. The Labute approximate surface area is 65.9 Å². The molecule has 0 spiro atoms. The molecular formula is C5H13O5P. The Morgan fingerprint density at radius 1 is 1.36 bits per heavy atom. The van der Waals surface area contributed by atoms with Gasteiger partial charge >= 0.3 is 7.60 Å². The first kappa shape index (κ1) is 13.2. The minimum absolute atomic E-state index is 0.833. The maximum Gasteiger partial charge on any atom is 0.327 e. The zero-order valence-corrected chi connectivity index (χ0v) is 7.92. The third-order valence-electron chi connectivity index (χ3n) is 0.663. The molecule has 0 aliphatic heterocycles. The van der Waals surface area contributed by atoms with Gasteiger partial charge in [-0.05, 0) is 0 Å². The highest BCUT2D eigenvalue weighted by Crippen LogP contribution is 2.40. The van der Waals surface area contributed by atoms with Gasteiger partial charge < -0.3 is 14.2 Å². The number of carbonyl (C=O) groups is 1. The Morgan fingerprint density at radius 3 is 1.55 bits per heavy atom. The summed E-state index contributed by atoms with van der Waals surface area (Å²) in [6.45, 7) is 2.49. The van der Waals surface area contributed by atoms with E-state index in [0.29, 0.717) is 0 Å².